The predicted octanol–water partition coefficient (Wildman–Crippen LogP) is 2.21. The van der Waals surface area contributed by atoms with Crippen LogP contribution in [0.15, 0.2) is 12.1 Å². The number of nitrogens with zero attached hydrogens (tertiary/aromatic N) is 1. The first-order valence-electron chi connectivity index (χ1n) is 6.41. The number of halogens is 1. The summed E-state index contributed by atoms with van der Waals surface area (Å²) in [6.07, 6.45) is -0.181. The molecule has 2 rings (SSSR count). The third-order valence-corrected chi connectivity index (χ3v) is 3.67. The molecule has 1 heterocycles. The minimum absolute atomic E-state index is 0.0156. The second-order valence-corrected chi connectivity index (χ2v) is 6.13. The van der Waals surface area contributed by atoms with Gasteiger partial charge in [0.2, 0.25) is 0 Å². The maximum Gasteiger partial charge on any atom is 0.0988 e. The lowest BCUT2D eigenvalue weighted by molar-refractivity contribution is -0.101. The summed E-state index contributed by atoms with van der Waals surface area (Å²) in [7, 11) is 0. The summed E-state index contributed by atoms with van der Waals surface area (Å²) in [5.41, 5.74) is 8.23. The second kappa shape index (κ2) is 5.19. The van der Waals surface area contributed by atoms with Crippen molar-refractivity contribution in [3.63, 3.8) is 0 Å². The minimum atomic E-state index is -0.300. The van der Waals surface area contributed by atoms with E-state index in [4.69, 9.17) is 22.1 Å². The Kier molecular flexibility index (Phi) is 3.95. The lowest BCUT2D eigenvalue weighted by Gasteiger charge is -2.44. The van der Waals surface area contributed by atoms with Crippen LogP contribution in [0.2, 0.25) is 5.02 Å². The van der Waals surface area contributed by atoms with Crippen LogP contribution in [0.3, 0.4) is 0 Å². The number of aliphatic hydroxyl groups is 1. The lowest BCUT2D eigenvalue weighted by Crippen LogP contribution is -2.54. The fourth-order valence-corrected chi connectivity index (χ4v) is 2.77. The van der Waals surface area contributed by atoms with Gasteiger partial charge in [-0.1, -0.05) is 11.6 Å². The van der Waals surface area contributed by atoms with Crippen LogP contribution < -0.4 is 10.6 Å². The molecule has 0 spiro atoms. The number of rotatable bonds is 2. The number of hydrogen-bond donors (Lipinski definition) is 2. The molecule has 1 atom stereocenters. The van der Waals surface area contributed by atoms with Crippen LogP contribution in [0, 0.1) is 6.92 Å². The summed E-state index contributed by atoms with van der Waals surface area (Å²) < 4.78 is 5.82. The van der Waals surface area contributed by atoms with Gasteiger partial charge in [-0.2, -0.15) is 0 Å². The van der Waals surface area contributed by atoms with E-state index in [9.17, 15) is 5.11 Å². The number of ether oxygens (including phenoxy) is 1. The van der Waals surface area contributed by atoms with Crippen LogP contribution in [0.25, 0.3) is 0 Å². The fourth-order valence-electron chi connectivity index (χ4n) is 2.61. The van der Waals surface area contributed by atoms with E-state index in [-0.39, 0.29) is 18.3 Å². The highest BCUT2D eigenvalue weighted by molar-refractivity contribution is 6.33. The molecule has 1 aliphatic heterocycles. The molecular formula is C14H21ClN2O2. The summed E-state index contributed by atoms with van der Waals surface area (Å²) in [6, 6.07) is 3.77. The molecule has 0 saturated carbocycles. The van der Waals surface area contributed by atoms with Gasteiger partial charge < -0.3 is 20.5 Å². The van der Waals surface area contributed by atoms with Gasteiger partial charge in [-0.05, 0) is 38.5 Å². The molecule has 1 unspecified atom stereocenters. The standard InChI is InChI=1S/C14H21ClN2O2/c1-9-4-12(16)11(15)5-13(9)17-6-10(7-18)19-14(2,3)8-17/h4-5,10,18H,6-8,16H2,1-3H3. The van der Waals surface area contributed by atoms with Crippen molar-refractivity contribution in [1.82, 2.24) is 0 Å². The SMILES string of the molecule is Cc1cc(N)c(Cl)cc1N1CC(CO)OC(C)(C)C1. The van der Waals surface area contributed by atoms with Gasteiger partial charge in [-0.3, -0.25) is 0 Å². The van der Waals surface area contributed by atoms with Gasteiger partial charge >= 0.3 is 0 Å². The van der Waals surface area contributed by atoms with Gasteiger partial charge in [0.15, 0.2) is 0 Å². The Hall–Kier alpha value is -0.970. The normalized spacial score (nSPS) is 22.6. The Morgan fingerprint density at radius 1 is 1.53 bits per heavy atom. The van der Waals surface area contributed by atoms with E-state index in [0.29, 0.717) is 17.3 Å². The zero-order valence-electron chi connectivity index (χ0n) is 11.6. The van der Waals surface area contributed by atoms with Crippen LogP contribution in [0.5, 0.6) is 0 Å². The summed E-state index contributed by atoms with van der Waals surface area (Å²) in [5, 5.41) is 9.92. The Morgan fingerprint density at radius 3 is 2.84 bits per heavy atom. The largest absolute Gasteiger partial charge is 0.398 e. The van der Waals surface area contributed by atoms with E-state index in [1.807, 2.05) is 32.9 Å². The van der Waals surface area contributed by atoms with Crippen molar-refractivity contribution in [3.05, 3.63) is 22.7 Å². The maximum absolute atomic E-state index is 9.36. The van der Waals surface area contributed by atoms with E-state index in [0.717, 1.165) is 17.8 Å². The van der Waals surface area contributed by atoms with Crippen molar-refractivity contribution in [1.29, 1.82) is 0 Å². The Labute approximate surface area is 119 Å². The summed E-state index contributed by atoms with van der Waals surface area (Å²) in [6.45, 7) is 7.48. The summed E-state index contributed by atoms with van der Waals surface area (Å²) >= 11 is 6.11. The molecule has 0 aromatic heterocycles. The van der Waals surface area contributed by atoms with Crippen LogP contribution >= 0.6 is 11.6 Å². The van der Waals surface area contributed by atoms with E-state index in [1.54, 1.807) is 0 Å². The van der Waals surface area contributed by atoms with Crippen molar-refractivity contribution in [2.24, 2.45) is 0 Å². The number of aliphatic hydroxyl groups excluding tert-OH is 1. The zero-order chi connectivity index (χ0) is 14.2. The van der Waals surface area contributed by atoms with E-state index in [2.05, 4.69) is 4.90 Å². The highest BCUT2D eigenvalue weighted by Crippen LogP contribution is 2.33. The van der Waals surface area contributed by atoms with Crippen LogP contribution in [-0.4, -0.2) is 36.5 Å². The molecule has 4 nitrogen and oxygen atoms in total. The third kappa shape index (κ3) is 3.14. The van der Waals surface area contributed by atoms with E-state index < -0.39 is 0 Å². The number of morpholine rings is 1. The topological polar surface area (TPSA) is 58.7 Å². The lowest BCUT2D eigenvalue weighted by atomic mass is 10.0. The monoisotopic (exact) mass is 284 g/mol. The van der Waals surface area contributed by atoms with Crippen molar-refractivity contribution in [2.75, 3.05) is 30.3 Å². The van der Waals surface area contributed by atoms with Crippen molar-refractivity contribution in [2.45, 2.75) is 32.5 Å². The highest BCUT2D eigenvalue weighted by atomic mass is 35.5. The molecule has 1 aliphatic rings. The third-order valence-electron chi connectivity index (χ3n) is 3.34. The number of aryl methyl sites for hydroxylation is 1. The van der Waals surface area contributed by atoms with Gasteiger partial charge in [0.05, 0.1) is 29.0 Å². The van der Waals surface area contributed by atoms with Crippen LogP contribution in [0.4, 0.5) is 11.4 Å². The van der Waals surface area contributed by atoms with E-state index in [1.165, 1.54) is 0 Å². The minimum Gasteiger partial charge on any atom is -0.398 e. The molecule has 0 bridgehead atoms. The molecule has 1 fully saturated rings. The molecule has 5 heteroatoms. The smallest absolute Gasteiger partial charge is 0.0988 e. The molecular weight excluding hydrogens is 264 g/mol. The predicted molar refractivity (Wildman–Crippen MR) is 78.9 cm³/mol. The quantitative estimate of drug-likeness (QED) is 0.818. The average molecular weight is 285 g/mol. The van der Waals surface area contributed by atoms with Crippen LogP contribution in [-0.2, 0) is 4.74 Å². The summed E-state index contributed by atoms with van der Waals surface area (Å²) in [5.74, 6) is 0. The molecule has 106 valence electrons. The number of benzene rings is 1. The molecule has 3 N–H and O–H groups in total. The molecule has 1 saturated heterocycles. The number of anilines is 2. The number of nitrogens with two attached hydrogens (primary N) is 1. The van der Waals surface area contributed by atoms with Crippen molar-refractivity contribution in [3.8, 4) is 0 Å². The van der Waals surface area contributed by atoms with Gasteiger partial charge in [0.1, 0.15) is 0 Å². The average Bonchev–Trinajstić information content (AvgIpc) is 2.31. The molecule has 1 aromatic carbocycles. The summed E-state index contributed by atoms with van der Waals surface area (Å²) in [4.78, 5) is 2.20. The first-order valence-corrected chi connectivity index (χ1v) is 6.79. The van der Waals surface area contributed by atoms with Gasteiger partial charge in [0, 0.05) is 18.8 Å². The van der Waals surface area contributed by atoms with E-state index >= 15 is 0 Å². The first-order chi connectivity index (χ1) is 8.82. The maximum atomic E-state index is 9.36. The molecule has 0 aliphatic carbocycles. The van der Waals surface area contributed by atoms with Crippen molar-refractivity contribution >= 4 is 23.0 Å². The molecule has 19 heavy (non-hydrogen) atoms. The van der Waals surface area contributed by atoms with Gasteiger partial charge in [0.25, 0.3) is 0 Å². The number of hydrogen-bond acceptors (Lipinski definition) is 4. The highest BCUT2D eigenvalue weighted by Gasteiger charge is 2.33. The van der Waals surface area contributed by atoms with Gasteiger partial charge in [-0.15, -0.1) is 0 Å². The molecule has 0 amide bonds. The van der Waals surface area contributed by atoms with Crippen LogP contribution in [0.1, 0.15) is 19.4 Å². The van der Waals surface area contributed by atoms with Gasteiger partial charge in [-0.25, -0.2) is 0 Å². The Bertz CT molecular complexity index is 477. The fraction of sp³-hybridized carbons (Fsp3) is 0.571. The second-order valence-electron chi connectivity index (χ2n) is 5.72. The zero-order valence-corrected chi connectivity index (χ0v) is 12.4. The first kappa shape index (κ1) is 14.4. The molecule has 0 radical (unpaired) electrons. The number of nitrogen functional groups attached to an aromatic ring is 1. The Balaban J connectivity index is 2.33. The Morgan fingerprint density at radius 2 is 2.21 bits per heavy atom. The van der Waals surface area contributed by atoms with Crippen molar-refractivity contribution < 1.29 is 9.84 Å². The molecule has 1 aromatic rings.